The van der Waals surface area contributed by atoms with Gasteiger partial charge in [-0.05, 0) is 42.7 Å². The second-order valence-electron chi connectivity index (χ2n) is 4.87. The van der Waals surface area contributed by atoms with Gasteiger partial charge in [0.05, 0.1) is 12.3 Å². The van der Waals surface area contributed by atoms with E-state index in [1.165, 1.54) is 23.8 Å². The Balaban J connectivity index is 2.01. The molecule has 1 fully saturated rings. The van der Waals surface area contributed by atoms with Crippen LogP contribution in [0.1, 0.15) is 31.2 Å². The van der Waals surface area contributed by atoms with Crippen molar-refractivity contribution in [3.8, 4) is 0 Å². The van der Waals surface area contributed by atoms with Crippen molar-refractivity contribution in [1.82, 2.24) is 0 Å². The summed E-state index contributed by atoms with van der Waals surface area (Å²) >= 11 is 0. The Kier molecular flexibility index (Phi) is 3.11. The Labute approximate surface area is 112 Å². The number of amides is 1. The Morgan fingerprint density at radius 3 is 2.63 bits per heavy atom. The van der Waals surface area contributed by atoms with E-state index < -0.39 is 6.09 Å². The summed E-state index contributed by atoms with van der Waals surface area (Å²) in [5.74, 6) is 0.696. The molecule has 0 aromatic heterocycles. The first-order valence-electron chi connectivity index (χ1n) is 6.75. The van der Waals surface area contributed by atoms with Crippen LogP contribution >= 0.6 is 0 Å². The molecule has 0 radical (unpaired) electrons. The summed E-state index contributed by atoms with van der Waals surface area (Å²) < 4.78 is 4.93. The molecule has 2 aromatic rings. The Bertz CT molecular complexity index is 617. The fourth-order valence-corrected chi connectivity index (χ4v) is 2.46. The first-order valence-corrected chi connectivity index (χ1v) is 6.75. The van der Waals surface area contributed by atoms with Crippen LogP contribution in [0.25, 0.3) is 10.8 Å². The average molecular weight is 255 g/mol. The lowest BCUT2D eigenvalue weighted by Crippen LogP contribution is -2.13. The minimum absolute atomic E-state index is 0.379. The molecule has 0 atom stereocenters. The molecule has 1 amide bonds. The molecular weight excluding hydrogens is 238 g/mol. The van der Waals surface area contributed by atoms with Crippen LogP contribution < -0.4 is 5.32 Å². The van der Waals surface area contributed by atoms with E-state index in [1.54, 1.807) is 6.92 Å². The zero-order valence-corrected chi connectivity index (χ0v) is 11.0. The monoisotopic (exact) mass is 255 g/mol. The van der Waals surface area contributed by atoms with Crippen LogP contribution in [-0.2, 0) is 4.74 Å². The standard InChI is InChI=1S/C16H17NO2/c1-2-19-16(18)17-15-10-9-12(11-7-8-11)13-5-3-4-6-14(13)15/h3-6,9-11H,2,7-8H2,1H3,(H,17,18). The highest BCUT2D eigenvalue weighted by atomic mass is 16.5. The van der Waals surface area contributed by atoms with E-state index in [1.807, 2.05) is 24.3 Å². The van der Waals surface area contributed by atoms with Crippen molar-refractivity contribution in [1.29, 1.82) is 0 Å². The maximum atomic E-state index is 11.6. The van der Waals surface area contributed by atoms with E-state index in [0.29, 0.717) is 12.5 Å². The molecule has 1 saturated carbocycles. The molecule has 2 aromatic carbocycles. The number of rotatable bonds is 3. The minimum atomic E-state index is -0.396. The molecule has 0 saturated heterocycles. The van der Waals surface area contributed by atoms with E-state index in [2.05, 4.69) is 17.4 Å². The van der Waals surface area contributed by atoms with Crippen LogP contribution in [0.15, 0.2) is 36.4 Å². The lowest BCUT2D eigenvalue weighted by Gasteiger charge is -2.11. The van der Waals surface area contributed by atoms with Crippen LogP contribution in [-0.4, -0.2) is 12.7 Å². The van der Waals surface area contributed by atoms with Crippen LogP contribution in [0.4, 0.5) is 10.5 Å². The number of benzene rings is 2. The molecule has 0 unspecified atom stereocenters. The van der Waals surface area contributed by atoms with E-state index in [-0.39, 0.29) is 0 Å². The number of anilines is 1. The molecule has 1 aliphatic carbocycles. The van der Waals surface area contributed by atoms with Gasteiger partial charge in [-0.1, -0.05) is 30.3 Å². The van der Waals surface area contributed by atoms with Crippen molar-refractivity contribution in [2.24, 2.45) is 0 Å². The molecule has 3 nitrogen and oxygen atoms in total. The van der Waals surface area contributed by atoms with Crippen molar-refractivity contribution < 1.29 is 9.53 Å². The molecule has 0 aliphatic heterocycles. The second kappa shape index (κ2) is 4.92. The highest BCUT2D eigenvalue weighted by Crippen LogP contribution is 2.44. The van der Waals surface area contributed by atoms with Gasteiger partial charge in [0, 0.05) is 5.39 Å². The summed E-state index contributed by atoms with van der Waals surface area (Å²) in [4.78, 5) is 11.6. The maximum Gasteiger partial charge on any atom is 0.411 e. The summed E-state index contributed by atoms with van der Waals surface area (Å²) in [6, 6.07) is 12.3. The zero-order valence-electron chi connectivity index (χ0n) is 11.0. The van der Waals surface area contributed by atoms with Gasteiger partial charge in [0.2, 0.25) is 0 Å². The fourth-order valence-electron chi connectivity index (χ4n) is 2.46. The van der Waals surface area contributed by atoms with E-state index in [9.17, 15) is 4.79 Å². The Morgan fingerprint density at radius 1 is 1.21 bits per heavy atom. The van der Waals surface area contributed by atoms with Gasteiger partial charge < -0.3 is 4.74 Å². The second-order valence-corrected chi connectivity index (χ2v) is 4.87. The number of nitrogens with one attached hydrogen (secondary N) is 1. The normalized spacial score (nSPS) is 14.4. The van der Waals surface area contributed by atoms with Gasteiger partial charge >= 0.3 is 6.09 Å². The Morgan fingerprint density at radius 2 is 1.95 bits per heavy atom. The van der Waals surface area contributed by atoms with Crippen molar-refractivity contribution in [2.45, 2.75) is 25.7 Å². The fraction of sp³-hybridized carbons (Fsp3) is 0.312. The minimum Gasteiger partial charge on any atom is -0.450 e. The SMILES string of the molecule is CCOC(=O)Nc1ccc(C2CC2)c2ccccc12. The molecule has 98 valence electrons. The van der Waals surface area contributed by atoms with Crippen molar-refractivity contribution in [3.63, 3.8) is 0 Å². The number of carbonyl (C=O) groups is 1. The van der Waals surface area contributed by atoms with Crippen LogP contribution in [0.2, 0.25) is 0 Å². The van der Waals surface area contributed by atoms with Gasteiger partial charge in [-0.2, -0.15) is 0 Å². The van der Waals surface area contributed by atoms with Crippen LogP contribution in [0.5, 0.6) is 0 Å². The van der Waals surface area contributed by atoms with Gasteiger partial charge in [0.25, 0.3) is 0 Å². The van der Waals surface area contributed by atoms with Crippen molar-refractivity contribution in [2.75, 3.05) is 11.9 Å². The summed E-state index contributed by atoms with van der Waals surface area (Å²) in [5, 5.41) is 5.13. The zero-order chi connectivity index (χ0) is 13.2. The lowest BCUT2D eigenvalue weighted by atomic mass is 10.00. The molecule has 0 bridgehead atoms. The third-order valence-electron chi connectivity index (χ3n) is 3.49. The molecule has 3 heteroatoms. The lowest BCUT2D eigenvalue weighted by molar-refractivity contribution is 0.168. The number of hydrogen-bond acceptors (Lipinski definition) is 2. The maximum absolute atomic E-state index is 11.6. The smallest absolute Gasteiger partial charge is 0.411 e. The van der Waals surface area contributed by atoms with Crippen LogP contribution in [0.3, 0.4) is 0 Å². The van der Waals surface area contributed by atoms with Gasteiger partial charge in [-0.25, -0.2) is 4.79 Å². The highest BCUT2D eigenvalue weighted by molar-refractivity contribution is 6.01. The van der Waals surface area contributed by atoms with Crippen molar-refractivity contribution in [3.05, 3.63) is 42.0 Å². The Hall–Kier alpha value is -2.03. The number of carbonyl (C=O) groups excluding carboxylic acids is 1. The predicted molar refractivity (Wildman–Crippen MR) is 76.6 cm³/mol. The van der Waals surface area contributed by atoms with E-state index in [0.717, 1.165) is 11.1 Å². The third-order valence-corrected chi connectivity index (χ3v) is 3.49. The summed E-state index contributed by atoms with van der Waals surface area (Å²) in [5.41, 5.74) is 2.21. The highest BCUT2D eigenvalue weighted by Gasteiger charge is 2.25. The predicted octanol–water partition coefficient (Wildman–Crippen LogP) is 4.29. The van der Waals surface area contributed by atoms with Gasteiger partial charge in [0.1, 0.15) is 0 Å². The molecule has 0 heterocycles. The summed E-state index contributed by atoms with van der Waals surface area (Å²) in [7, 11) is 0. The van der Waals surface area contributed by atoms with Gasteiger partial charge in [-0.15, -0.1) is 0 Å². The first-order chi connectivity index (χ1) is 9.29. The van der Waals surface area contributed by atoms with E-state index >= 15 is 0 Å². The molecule has 1 aliphatic rings. The molecular formula is C16H17NO2. The molecule has 3 rings (SSSR count). The summed E-state index contributed by atoms with van der Waals surface area (Å²) in [6.45, 7) is 2.18. The number of ether oxygens (including phenoxy) is 1. The van der Waals surface area contributed by atoms with Gasteiger partial charge in [0.15, 0.2) is 0 Å². The van der Waals surface area contributed by atoms with E-state index in [4.69, 9.17) is 4.74 Å². The van der Waals surface area contributed by atoms with Gasteiger partial charge in [-0.3, -0.25) is 5.32 Å². The molecule has 19 heavy (non-hydrogen) atoms. The quantitative estimate of drug-likeness (QED) is 0.888. The largest absolute Gasteiger partial charge is 0.450 e. The average Bonchev–Trinajstić information content (AvgIpc) is 3.24. The first kappa shape index (κ1) is 12.0. The summed E-state index contributed by atoms with van der Waals surface area (Å²) in [6.07, 6.45) is 2.15. The van der Waals surface area contributed by atoms with Crippen molar-refractivity contribution >= 4 is 22.6 Å². The molecule has 0 spiro atoms. The number of fused-ring (bicyclic) bond motifs is 1. The van der Waals surface area contributed by atoms with Crippen LogP contribution in [0, 0.1) is 0 Å². The topological polar surface area (TPSA) is 38.3 Å². The number of hydrogen-bond donors (Lipinski definition) is 1. The molecule has 1 N–H and O–H groups in total. The third kappa shape index (κ3) is 2.41.